The highest BCUT2D eigenvalue weighted by Gasteiger charge is 2.21. The molecule has 0 saturated carbocycles. The van der Waals surface area contributed by atoms with Gasteiger partial charge < -0.3 is 4.74 Å². The monoisotopic (exact) mass is 266 g/mol. The van der Waals surface area contributed by atoms with Crippen molar-refractivity contribution in [3.63, 3.8) is 0 Å². The molecule has 20 heavy (non-hydrogen) atoms. The second-order valence-electron chi connectivity index (χ2n) is 5.57. The Hall–Kier alpha value is -1.60. The number of ether oxygens (including phenoxy) is 1. The third-order valence-corrected chi connectivity index (χ3v) is 4.10. The molecule has 0 N–H and O–H groups in total. The van der Waals surface area contributed by atoms with Crippen molar-refractivity contribution in [3.05, 3.63) is 71.8 Å². The van der Waals surface area contributed by atoms with Gasteiger partial charge in [-0.25, -0.2) is 0 Å². The molecule has 0 bridgehead atoms. The summed E-state index contributed by atoms with van der Waals surface area (Å²) in [5.41, 5.74) is 2.63. The van der Waals surface area contributed by atoms with Gasteiger partial charge in [-0.1, -0.05) is 79.9 Å². The predicted octanol–water partition coefficient (Wildman–Crippen LogP) is 5.45. The second kappa shape index (κ2) is 6.71. The van der Waals surface area contributed by atoms with Gasteiger partial charge in [0.1, 0.15) is 0 Å². The van der Waals surface area contributed by atoms with Crippen LogP contribution in [0, 0.1) is 0 Å². The van der Waals surface area contributed by atoms with Crippen molar-refractivity contribution in [1.82, 2.24) is 0 Å². The topological polar surface area (TPSA) is 9.23 Å². The fourth-order valence-corrected chi connectivity index (χ4v) is 3.00. The number of benzene rings is 2. The van der Waals surface area contributed by atoms with E-state index in [0.29, 0.717) is 0 Å². The first kappa shape index (κ1) is 13.4. The molecule has 1 nitrogen and oxygen atoms in total. The van der Waals surface area contributed by atoms with Crippen molar-refractivity contribution in [1.29, 1.82) is 0 Å². The van der Waals surface area contributed by atoms with Crippen LogP contribution in [0.5, 0.6) is 0 Å². The van der Waals surface area contributed by atoms with Crippen LogP contribution in [-0.2, 0) is 4.74 Å². The fourth-order valence-electron chi connectivity index (χ4n) is 3.00. The lowest BCUT2D eigenvalue weighted by Gasteiger charge is -2.28. The molecule has 2 atom stereocenters. The van der Waals surface area contributed by atoms with Crippen LogP contribution in [0.3, 0.4) is 0 Å². The van der Waals surface area contributed by atoms with Gasteiger partial charge in [0, 0.05) is 0 Å². The van der Waals surface area contributed by atoms with Gasteiger partial charge in [0.15, 0.2) is 0 Å². The summed E-state index contributed by atoms with van der Waals surface area (Å²) in [7, 11) is 0. The summed E-state index contributed by atoms with van der Waals surface area (Å²) in [4.78, 5) is 0. The highest BCUT2D eigenvalue weighted by Crippen LogP contribution is 2.35. The molecule has 1 heteroatoms. The molecule has 1 saturated heterocycles. The van der Waals surface area contributed by atoms with Gasteiger partial charge in [0.25, 0.3) is 0 Å². The number of rotatable bonds is 2. The van der Waals surface area contributed by atoms with Crippen LogP contribution in [0.1, 0.15) is 55.4 Å². The SMILES string of the molecule is c1ccc(C2CCCCCC(c3ccccc3)O2)cc1. The molecule has 2 unspecified atom stereocenters. The zero-order valence-electron chi connectivity index (χ0n) is 11.9. The quantitative estimate of drug-likeness (QED) is 0.702. The highest BCUT2D eigenvalue weighted by atomic mass is 16.5. The van der Waals surface area contributed by atoms with E-state index < -0.39 is 0 Å². The predicted molar refractivity (Wildman–Crippen MR) is 82.5 cm³/mol. The zero-order valence-corrected chi connectivity index (χ0v) is 11.9. The molecule has 2 aromatic rings. The summed E-state index contributed by atoms with van der Waals surface area (Å²) in [6, 6.07) is 21.3. The summed E-state index contributed by atoms with van der Waals surface area (Å²) < 4.78 is 6.46. The van der Waals surface area contributed by atoms with Crippen molar-refractivity contribution in [3.8, 4) is 0 Å². The first-order chi connectivity index (χ1) is 9.93. The minimum Gasteiger partial charge on any atom is -0.366 e. The average molecular weight is 266 g/mol. The van der Waals surface area contributed by atoms with Crippen LogP contribution in [0.25, 0.3) is 0 Å². The van der Waals surface area contributed by atoms with Gasteiger partial charge in [-0.2, -0.15) is 0 Å². The molecule has 0 amide bonds. The van der Waals surface area contributed by atoms with E-state index in [1.807, 2.05) is 0 Å². The maximum absolute atomic E-state index is 6.46. The van der Waals surface area contributed by atoms with Gasteiger partial charge in [-0.3, -0.25) is 0 Å². The zero-order chi connectivity index (χ0) is 13.6. The molecule has 3 rings (SSSR count). The molecular weight excluding hydrogens is 244 g/mol. The molecular formula is C19H22O. The van der Waals surface area contributed by atoms with E-state index in [9.17, 15) is 0 Å². The summed E-state index contributed by atoms with van der Waals surface area (Å²) >= 11 is 0. The van der Waals surface area contributed by atoms with E-state index in [-0.39, 0.29) is 12.2 Å². The van der Waals surface area contributed by atoms with Crippen molar-refractivity contribution in [2.75, 3.05) is 0 Å². The summed E-state index contributed by atoms with van der Waals surface area (Å²) in [5, 5.41) is 0. The summed E-state index contributed by atoms with van der Waals surface area (Å²) in [5.74, 6) is 0. The minimum absolute atomic E-state index is 0.238. The number of hydrogen-bond acceptors (Lipinski definition) is 1. The van der Waals surface area contributed by atoms with Gasteiger partial charge in [0.05, 0.1) is 12.2 Å². The third-order valence-electron chi connectivity index (χ3n) is 4.10. The van der Waals surface area contributed by atoms with E-state index >= 15 is 0 Å². The lowest BCUT2D eigenvalue weighted by molar-refractivity contribution is -0.0332. The van der Waals surface area contributed by atoms with Crippen molar-refractivity contribution < 1.29 is 4.74 Å². The lowest BCUT2D eigenvalue weighted by atomic mass is 9.96. The van der Waals surface area contributed by atoms with Crippen molar-refractivity contribution >= 4 is 0 Å². The Kier molecular flexibility index (Phi) is 4.49. The minimum atomic E-state index is 0.238. The molecule has 2 aromatic carbocycles. The van der Waals surface area contributed by atoms with Crippen molar-refractivity contribution in [2.24, 2.45) is 0 Å². The molecule has 1 aliphatic rings. The molecule has 0 spiro atoms. The van der Waals surface area contributed by atoms with Crippen molar-refractivity contribution in [2.45, 2.75) is 44.3 Å². The first-order valence-corrected chi connectivity index (χ1v) is 7.69. The van der Waals surface area contributed by atoms with Crippen LogP contribution in [0.15, 0.2) is 60.7 Å². The normalized spacial score (nSPS) is 23.8. The molecule has 0 radical (unpaired) electrons. The Bertz CT molecular complexity index is 458. The molecule has 0 aliphatic carbocycles. The molecule has 1 fully saturated rings. The van der Waals surface area contributed by atoms with Gasteiger partial charge >= 0.3 is 0 Å². The van der Waals surface area contributed by atoms with E-state index in [1.165, 1.54) is 30.4 Å². The Balaban J connectivity index is 1.81. The van der Waals surface area contributed by atoms with Gasteiger partial charge in [-0.05, 0) is 24.0 Å². The largest absolute Gasteiger partial charge is 0.366 e. The van der Waals surface area contributed by atoms with E-state index in [1.54, 1.807) is 0 Å². The fraction of sp³-hybridized carbons (Fsp3) is 0.368. The van der Waals surface area contributed by atoms with Gasteiger partial charge in [0.2, 0.25) is 0 Å². The second-order valence-corrected chi connectivity index (χ2v) is 5.57. The maximum Gasteiger partial charge on any atom is 0.0833 e. The van der Waals surface area contributed by atoms with Crippen LogP contribution in [0.2, 0.25) is 0 Å². The van der Waals surface area contributed by atoms with E-state index in [4.69, 9.17) is 4.74 Å². The number of hydrogen-bond donors (Lipinski definition) is 0. The van der Waals surface area contributed by atoms with Crippen LogP contribution < -0.4 is 0 Å². The lowest BCUT2D eigenvalue weighted by Crippen LogP contribution is -2.13. The molecule has 104 valence electrons. The van der Waals surface area contributed by atoms with E-state index in [0.717, 1.165) is 12.8 Å². The highest BCUT2D eigenvalue weighted by molar-refractivity contribution is 5.20. The third kappa shape index (κ3) is 3.29. The molecule has 0 aromatic heterocycles. The Morgan fingerprint density at radius 1 is 0.600 bits per heavy atom. The maximum atomic E-state index is 6.46. The van der Waals surface area contributed by atoms with Crippen LogP contribution in [0.4, 0.5) is 0 Å². The standard InChI is InChI=1S/C19H22O/c1-4-10-16(11-5-1)18-14-8-3-9-15-19(20-18)17-12-6-2-7-13-17/h1-2,4-7,10-13,18-19H,3,8-9,14-15H2. The van der Waals surface area contributed by atoms with E-state index in [2.05, 4.69) is 60.7 Å². The Morgan fingerprint density at radius 2 is 1.05 bits per heavy atom. The van der Waals surface area contributed by atoms with Crippen LogP contribution in [-0.4, -0.2) is 0 Å². The smallest absolute Gasteiger partial charge is 0.0833 e. The molecule has 1 heterocycles. The Labute approximate surface area is 121 Å². The summed E-state index contributed by atoms with van der Waals surface area (Å²) in [6.45, 7) is 0. The first-order valence-electron chi connectivity index (χ1n) is 7.69. The summed E-state index contributed by atoms with van der Waals surface area (Å²) in [6.07, 6.45) is 6.59. The Morgan fingerprint density at radius 3 is 1.50 bits per heavy atom. The van der Waals surface area contributed by atoms with Crippen LogP contribution >= 0.6 is 0 Å². The molecule has 1 aliphatic heterocycles. The average Bonchev–Trinajstić information content (AvgIpc) is 2.49. The van der Waals surface area contributed by atoms with Gasteiger partial charge in [-0.15, -0.1) is 0 Å².